The topological polar surface area (TPSA) is 41.5 Å². The molecule has 0 spiro atoms. The highest BCUT2D eigenvalue weighted by molar-refractivity contribution is 5.26. The van der Waals surface area contributed by atoms with E-state index in [2.05, 4.69) is 5.32 Å². The molecule has 102 valence electrons. The number of nitrogens with one attached hydrogen (secondary N) is 1. The van der Waals surface area contributed by atoms with Crippen LogP contribution in [0.5, 0.6) is 0 Å². The molecule has 0 amide bonds. The summed E-state index contributed by atoms with van der Waals surface area (Å²) in [5.74, 6) is 0. The predicted molar refractivity (Wildman–Crippen MR) is 61.1 cm³/mol. The van der Waals surface area contributed by atoms with Gasteiger partial charge in [-0.15, -0.1) is 0 Å². The normalized spacial score (nSPS) is 13.6. The van der Waals surface area contributed by atoms with Crippen molar-refractivity contribution in [1.82, 2.24) is 5.32 Å². The summed E-state index contributed by atoms with van der Waals surface area (Å²) in [6.45, 7) is 0.801. The minimum atomic E-state index is -4.34. The molecule has 1 atom stereocenters. The van der Waals surface area contributed by atoms with Gasteiger partial charge in [-0.25, -0.2) is 0 Å². The van der Waals surface area contributed by atoms with Gasteiger partial charge in [0.25, 0.3) is 0 Å². The molecule has 0 saturated heterocycles. The summed E-state index contributed by atoms with van der Waals surface area (Å²) >= 11 is 0. The van der Waals surface area contributed by atoms with Crippen LogP contribution < -0.4 is 5.32 Å². The molecule has 1 rings (SSSR count). The molecule has 1 unspecified atom stereocenters. The Labute approximate surface area is 104 Å². The first-order valence-corrected chi connectivity index (χ1v) is 5.49. The van der Waals surface area contributed by atoms with Crippen molar-refractivity contribution in [2.45, 2.75) is 12.2 Å². The lowest BCUT2D eigenvalue weighted by atomic mass is 10.1. The number of hydrogen-bond donors (Lipinski definition) is 2. The fraction of sp³-hybridized carbons (Fsp3) is 0.500. The molecule has 6 heteroatoms. The lowest BCUT2D eigenvalue weighted by Crippen LogP contribution is -2.27. The largest absolute Gasteiger partial charge is 0.416 e. The van der Waals surface area contributed by atoms with Crippen LogP contribution in [-0.2, 0) is 10.9 Å². The average Bonchev–Trinajstić information content (AvgIpc) is 2.34. The van der Waals surface area contributed by atoms with Gasteiger partial charge in [-0.2, -0.15) is 13.2 Å². The van der Waals surface area contributed by atoms with Crippen molar-refractivity contribution >= 4 is 0 Å². The van der Waals surface area contributed by atoms with Crippen LogP contribution in [0.2, 0.25) is 0 Å². The zero-order chi connectivity index (χ0) is 13.6. The number of aliphatic hydroxyl groups excluding tert-OH is 1. The molecule has 0 aliphatic carbocycles. The van der Waals surface area contributed by atoms with Gasteiger partial charge < -0.3 is 15.2 Å². The van der Waals surface area contributed by atoms with Crippen molar-refractivity contribution in [3.63, 3.8) is 0 Å². The van der Waals surface area contributed by atoms with E-state index in [1.165, 1.54) is 12.1 Å². The third-order valence-electron chi connectivity index (χ3n) is 2.52. The van der Waals surface area contributed by atoms with Crippen LogP contribution in [0.1, 0.15) is 17.2 Å². The average molecular weight is 263 g/mol. The van der Waals surface area contributed by atoms with E-state index in [0.29, 0.717) is 18.7 Å². The number of benzene rings is 1. The predicted octanol–water partition coefficient (Wildman–Crippen LogP) is 1.97. The van der Waals surface area contributed by atoms with Crippen molar-refractivity contribution < 1.29 is 23.0 Å². The number of halogens is 3. The summed E-state index contributed by atoms with van der Waals surface area (Å²) < 4.78 is 42.0. The van der Waals surface area contributed by atoms with Crippen LogP contribution in [0, 0.1) is 0 Å². The van der Waals surface area contributed by atoms with Crippen LogP contribution in [0.4, 0.5) is 13.2 Å². The third-order valence-corrected chi connectivity index (χ3v) is 2.52. The van der Waals surface area contributed by atoms with Crippen LogP contribution in [-0.4, -0.2) is 32.0 Å². The van der Waals surface area contributed by atoms with Crippen LogP contribution >= 0.6 is 0 Å². The van der Waals surface area contributed by atoms with Crippen LogP contribution in [0.25, 0.3) is 0 Å². The highest BCUT2D eigenvalue weighted by Gasteiger charge is 2.30. The summed E-state index contributed by atoms with van der Waals surface area (Å²) in [6, 6.07) is 4.36. The first-order chi connectivity index (χ1) is 8.49. The fourth-order valence-electron chi connectivity index (χ4n) is 1.53. The number of methoxy groups -OCH3 is 1. The molecule has 0 aliphatic rings. The molecular formula is C12H16F3NO2. The van der Waals surface area contributed by atoms with E-state index in [1.807, 2.05) is 0 Å². The van der Waals surface area contributed by atoms with E-state index in [0.717, 1.165) is 12.1 Å². The molecule has 3 nitrogen and oxygen atoms in total. The quantitative estimate of drug-likeness (QED) is 0.771. The maximum absolute atomic E-state index is 12.4. The zero-order valence-electron chi connectivity index (χ0n) is 10.00. The molecule has 0 fully saturated rings. The summed E-state index contributed by atoms with van der Waals surface area (Å²) in [5.41, 5.74) is -0.0820. The highest BCUT2D eigenvalue weighted by atomic mass is 19.4. The molecular weight excluding hydrogens is 247 g/mol. The lowest BCUT2D eigenvalue weighted by molar-refractivity contribution is -0.137. The molecule has 1 aromatic rings. The van der Waals surface area contributed by atoms with Crippen molar-refractivity contribution in [2.24, 2.45) is 0 Å². The number of alkyl halides is 3. The van der Waals surface area contributed by atoms with E-state index < -0.39 is 11.7 Å². The van der Waals surface area contributed by atoms with Gasteiger partial charge in [0.05, 0.1) is 24.8 Å². The Morgan fingerprint density at radius 1 is 1.28 bits per heavy atom. The van der Waals surface area contributed by atoms with Gasteiger partial charge in [0.2, 0.25) is 0 Å². The number of aliphatic hydroxyl groups is 1. The van der Waals surface area contributed by atoms with Gasteiger partial charge in [0.1, 0.15) is 0 Å². The van der Waals surface area contributed by atoms with Crippen molar-refractivity contribution in [2.75, 3.05) is 26.9 Å². The molecule has 2 N–H and O–H groups in total. The maximum Gasteiger partial charge on any atom is 0.416 e. The zero-order valence-corrected chi connectivity index (χ0v) is 10.00. The van der Waals surface area contributed by atoms with Crippen molar-refractivity contribution in [1.29, 1.82) is 0 Å². The van der Waals surface area contributed by atoms with Gasteiger partial charge in [-0.1, -0.05) is 12.1 Å². The Hall–Kier alpha value is -1.11. The number of ether oxygens (including phenoxy) is 1. The van der Waals surface area contributed by atoms with E-state index in [9.17, 15) is 18.3 Å². The second-order valence-electron chi connectivity index (χ2n) is 3.80. The standard InChI is InChI=1S/C12H16F3NO2/c1-18-7-6-16-11(8-17)9-2-4-10(5-3-9)12(13,14)15/h2-5,11,16-17H,6-8H2,1H3. The van der Waals surface area contributed by atoms with Gasteiger partial charge >= 0.3 is 6.18 Å². The number of hydrogen-bond acceptors (Lipinski definition) is 3. The molecule has 0 radical (unpaired) electrons. The number of rotatable bonds is 6. The van der Waals surface area contributed by atoms with Gasteiger partial charge in [-0.05, 0) is 17.7 Å². The van der Waals surface area contributed by atoms with E-state index in [4.69, 9.17) is 4.74 Å². The fourth-order valence-corrected chi connectivity index (χ4v) is 1.53. The molecule has 18 heavy (non-hydrogen) atoms. The smallest absolute Gasteiger partial charge is 0.394 e. The molecule has 0 aromatic heterocycles. The molecule has 0 saturated carbocycles. The third kappa shape index (κ3) is 4.29. The molecule has 0 aliphatic heterocycles. The Kier molecular flexibility index (Phi) is 5.58. The Morgan fingerprint density at radius 3 is 2.33 bits per heavy atom. The lowest BCUT2D eigenvalue weighted by Gasteiger charge is -2.17. The Balaban J connectivity index is 2.69. The van der Waals surface area contributed by atoms with Gasteiger partial charge in [0, 0.05) is 13.7 Å². The monoisotopic (exact) mass is 263 g/mol. The second-order valence-corrected chi connectivity index (χ2v) is 3.80. The van der Waals surface area contributed by atoms with Crippen LogP contribution in [0.3, 0.4) is 0 Å². The SMILES string of the molecule is COCCNC(CO)c1ccc(C(F)(F)F)cc1. The molecule has 0 heterocycles. The highest BCUT2D eigenvalue weighted by Crippen LogP contribution is 2.29. The van der Waals surface area contributed by atoms with Crippen molar-refractivity contribution in [3.05, 3.63) is 35.4 Å². The Morgan fingerprint density at radius 2 is 1.89 bits per heavy atom. The maximum atomic E-state index is 12.4. The Bertz CT molecular complexity index is 351. The minimum absolute atomic E-state index is 0.185. The van der Waals surface area contributed by atoms with Crippen LogP contribution in [0.15, 0.2) is 24.3 Å². The van der Waals surface area contributed by atoms with Crippen molar-refractivity contribution in [3.8, 4) is 0 Å². The minimum Gasteiger partial charge on any atom is -0.394 e. The van der Waals surface area contributed by atoms with Gasteiger partial charge in [-0.3, -0.25) is 0 Å². The van der Waals surface area contributed by atoms with E-state index in [-0.39, 0.29) is 12.6 Å². The summed E-state index contributed by atoms with van der Waals surface area (Å²) in [7, 11) is 1.55. The summed E-state index contributed by atoms with van der Waals surface area (Å²) in [4.78, 5) is 0. The van der Waals surface area contributed by atoms with E-state index >= 15 is 0 Å². The van der Waals surface area contributed by atoms with Gasteiger partial charge in [0.15, 0.2) is 0 Å². The molecule has 1 aromatic carbocycles. The summed E-state index contributed by atoms with van der Waals surface area (Å²) in [5, 5.41) is 12.2. The first kappa shape index (κ1) is 14.9. The van der Waals surface area contributed by atoms with E-state index in [1.54, 1.807) is 7.11 Å². The molecule has 0 bridgehead atoms. The summed E-state index contributed by atoms with van der Waals surface area (Å²) in [6.07, 6.45) is -4.34. The second kappa shape index (κ2) is 6.72. The first-order valence-electron chi connectivity index (χ1n) is 5.49.